The number of nitrogens with zero attached hydrogens (tertiary/aromatic N) is 2. The number of hydrogen-bond donors (Lipinski definition) is 2. The maximum atomic E-state index is 7.59. The highest BCUT2D eigenvalue weighted by Gasteiger charge is 2.07. The van der Waals surface area contributed by atoms with E-state index in [1.165, 1.54) is 5.56 Å². The average Bonchev–Trinajstić information content (AvgIpc) is 2.40. The molecule has 0 saturated carbocycles. The molecule has 0 fully saturated rings. The van der Waals surface area contributed by atoms with Crippen LogP contribution < -0.4 is 5.73 Å². The molecule has 0 saturated heterocycles. The maximum absolute atomic E-state index is 7.59. The molecule has 0 bridgehead atoms. The van der Waals surface area contributed by atoms with Gasteiger partial charge in [0, 0.05) is 31.0 Å². The predicted octanol–water partition coefficient (Wildman–Crippen LogP) is 2.00. The Balaban J connectivity index is 2.07. The quantitative estimate of drug-likeness (QED) is 0.633. The number of rotatable bonds is 5. The van der Waals surface area contributed by atoms with Gasteiger partial charge in [0.2, 0.25) is 0 Å². The molecule has 0 atom stereocenters. The topological polar surface area (TPSA) is 66.0 Å². The van der Waals surface area contributed by atoms with Gasteiger partial charge in [0.15, 0.2) is 0 Å². The summed E-state index contributed by atoms with van der Waals surface area (Å²) < 4.78 is 0. The van der Waals surface area contributed by atoms with Crippen LogP contribution in [0.3, 0.4) is 0 Å². The first-order chi connectivity index (χ1) is 9.16. The van der Waals surface area contributed by atoms with E-state index in [9.17, 15) is 0 Å². The van der Waals surface area contributed by atoms with Gasteiger partial charge in [0.05, 0.1) is 0 Å². The fourth-order valence-electron chi connectivity index (χ4n) is 2.07. The van der Waals surface area contributed by atoms with Crippen LogP contribution in [0.5, 0.6) is 0 Å². The Kier molecular flexibility index (Phi) is 4.26. The van der Waals surface area contributed by atoms with E-state index in [2.05, 4.69) is 16.0 Å². The lowest BCUT2D eigenvalue weighted by Gasteiger charge is -2.18. The lowest BCUT2D eigenvalue weighted by molar-refractivity contribution is 0.318. The zero-order chi connectivity index (χ0) is 13.7. The summed E-state index contributed by atoms with van der Waals surface area (Å²) in [5.74, 6) is 0.116. The van der Waals surface area contributed by atoms with Crippen molar-refractivity contribution in [3.63, 3.8) is 0 Å². The van der Waals surface area contributed by atoms with Crippen LogP contribution in [0.15, 0.2) is 48.8 Å². The van der Waals surface area contributed by atoms with Crippen molar-refractivity contribution < 1.29 is 0 Å². The smallest absolute Gasteiger partial charge is 0.123 e. The Labute approximate surface area is 113 Å². The number of nitrogens with two attached hydrogens (primary N) is 1. The third-order valence-electron chi connectivity index (χ3n) is 2.92. The lowest BCUT2D eigenvalue weighted by Crippen LogP contribution is -2.21. The second-order valence-corrected chi connectivity index (χ2v) is 4.60. The van der Waals surface area contributed by atoms with Gasteiger partial charge in [0.1, 0.15) is 5.84 Å². The lowest BCUT2D eigenvalue weighted by atomic mass is 10.1. The molecule has 0 unspecified atom stereocenters. The normalized spacial score (nSPS) is 10.6. The molecule has 4 nitrogen and oxygen atoms in total. The van der Waals surface area contributed by atoms with Gasteiger partial charge in [-0.3, -0.25) is 15.3 Å². The minimum absolute atomic E-state index is 0.116. The highest BCUT2D eigenvalue weighted by Crippen LogP contribution is 2.12. The number of amidine groups is 1. The highest BCUT2D eigenvalue weighted by molar-refractivity contribution is 5.96. The van der Waals surface area contributed by atoms with Crippen LogP contribution in [-0.2, 0) is 13.1 Å². The van der Waals surface area contributed by atoms with Crippen molar-refractivity contribution in [2.75, 3.05) is 7.05 Å². The predicted molar refractivity (Wildman–Crippen MR) is 76.9 cm³/mol. The summed E-state index contributed by atoms with van der Waals surface area (Å²) in [7, 11) is 2.05. The summed E-state index contributed by atoms with van der Waals surface area (Å²) in [6.45, 7) is 1.57. The first-order valence-corrected chi connectivity index (χ1v) is 6.16. The molecule has 98 valence electrons. The van der Waals surface area contributed by atoms with Crippen molar-refractivity contribution in [3.8, 4) is 0 Å². The first-order valence-electron chi connectivity index (χ1n) is 6.16. The molecule has 2 rings (SSSR count). The van der Waals surface area contributed by atoms with Gasteiger partial charge in [-0.2, -0.15) is 0 Å². The highest BCUT2D eigenvalue weighted by atomic mass is 15.1. The van der Waals surface area contributed by atoms with Crippen molar-refractivity contribution in [1.29, 1.82) is 5.41 Å². The van der Waals surface area contributed by atoms with Crippen molar-refractivity contribution in [3.05, 3.63) is 65.5 Å². The number of pyridine rings is 1. The number of benzene rings is 1. The van der Waals surface area contributed by atoms with Crippen molar-refractivity contribution >= 4 is 5.84 Å². The summed E-state index contributed by atoms with van der Waals surface area (Å²) in [4.78, 5) is 6.29. The number of hydrogen-bond acceptors (Lipinski definition) is 3. The van der Waals surface area contributed by atoms with E-state index in [4.69, 9.17) is 11.1 Å². The van der Waals surface area contributed by atoms with Crippen LogP contribution in [0, 0.1) is 5.41 Å². The monoisotopic (exact) mass is 254 g/mol. The third kappa shape index (κ3) is 3.63. The van der Waals surface area contributed by atoms with Crippen LogP contribution in [-0.4, -0.2) is 22.8 Å². The fourth-order valence-corrected chi connectivity index (χ4v) is 2.07. The molecular weight excluding hydrogens is 236 g/mol. The van der Waals surface area contributed by atoms with Crippen molar-refractivity contribution in [2.24, 2.45) is 5.73 Å². The van der Waals surface area contributed by atoms with E-state index in [1.54, 1.807) is 6.20 Å². The van der Waals surface area contributed by atoms with E-state index in [0.717, 1.165) is 24.2 Å². The molecule has 4 heteroatoms. The van der Waals surface area contributed by atoms with E-state index in [-0.39, 0.29) is 5.84 Å². The molecule has 0 amide bonds. The SMILES string of the molecule is CN(Cc1cccnc1)Cc1ccccc1C(=N)N. The van der Waals surface area contributed by atoms with Gasteiger partial charge in [-0.05, 0) is 24.2 Å². The van der Waals surface area contributed by atoms with Gasteiger partial charge in [-0.1, -0.05) is 30.3 Å². The maximum Gasteiger partial charge on any atom is 0.123 e. The van der Waals surface area contributed by atoms with Crippen LogP contribution in [0.1, 0.15) is 16.7 Å². The Hall–Kier alpha value is -2.20. The fraction of sp³-hybridized carbons (Fsp3) is 0.200. The minimum atomic E-state index is 0.116. The second-order valence-electron chi connectivity index (χ2n) is 4.60. The molecule has 0 spiro atoms. The van der Waals surface area contributed by atoms with Gasteiger partial charge >= 0.3 is 0 Å². The van der Waals surface area contributed by atoms with Crippen molar-refractivity contribution in [2.45, 2.75) is 13.1 Å². The molecule has 1 heterocycles. The Bertz CT molecular complexity index is 551. The molecular formula is C15H18N4. The Morgan fingerprint density at radius 1 is 1.21 bits per heavy atom. The van der Waals surface area contributed by atoms with E-state index < -0.39 is 0 Å². The van der Waals surface area contributed by atoms with E-state index in [0.29, 0.717) is 0 Å². The van der Waals surface area contributed by atoms with Gasteiger partial charge < -0.3 is 5.73 Å². The zero-order valence-electron chi connectivity index (χ0n) is 11.0. The molecule has 3 N–H and O–H groups in total. The van der Waals surface area contributed by atoms with Gasteiger partial charge in [0.25, 0.3) is 0 Å². The molecule has 0 aliphatic heterocycles. The first kappa shape index (κ1) is 13.2. The second kappa shape index (κ2) is 6.11. The number of aromatic nitrogens is 1. The van der Waals surface area contributed by atoms with Crippen LogP contribution in [0.25, 0.3) is 0 Å². The van der Waals surface area contributed by atoms with E-state index in [1.807, 2.05) is 43.6 Å². The molecule has 0 radical (unpaired) electrons. The largest absolute Gasteiger partial charge is 0.384 e. The zero-order valence-corrected chi connectivity index (χ0v) is 11.0. The number of nitrogens with one attached hydrogen (secondary N) is 1. The third-order valence-corrected chi connectivity index (χ3v) is 2.92. The molecule has 19 heavy (non-hydrogen) atoms. The van der Waals surface area contributed by atoms with Crippen molar-refractivity contribution in [1.82, 2.24) is 9.88 Å². The molecule has 1 aromatic carbocycles. The Morgan fingerprint density at radius 3 is 2.68 bits per heavy atom. The molecule has 1 aromatic heterocycles. The molecule has 0 aliphatic carbocycles. The van der Waals surface area contributed by atoms with Crippen LogP contribution in [0.4, 0.5) is 0 Å². The van der Waals surface area contributed by atoms with Crippen LogP contribution in [0.2, 0.25) is 0 Å². The standard InChI is InChI=1S/C15H18N4/c1-19(10-12-5-4-8-18-9-12)11-13-6-2-3-7-14(13)15(16)17/h2-9H,10-11H2,1H3,(H3,16,17). The molecule has 2 aromatic rings. The average molecular weight is 254 g/mol. The molecule has 0 aliphatic rings. The summed E-state index contributed by atoms with van der Waals surface area (Å²) in [5.41, 5.74) is 8.65. The minimum Gasteiger partial charge on any atom is -0.384 e. The van der Waals surface area contributed by atoms with Gasteiger partial charge in [-0.25, -0.2) is 0 Å². The van der Waals surface area contributed by atoms with Crippen LogP contribution >= 0.6 is 0 Å². The van der Waals surface area contributed by atoms with E-state index >= 15 is 0 Å². The Morgan fingerprint density at radius 2 is 2.00 bits per heavy atom. The summed E-state index contributed by atoms with van der Waals surface area (Å²) in [6.07, 6.45) is 3.64. The summed E-state index contributed by atoms with van der Waals surface area (Å²) in [6, 6.07) is 11.8. The summed E-state index contributed by atoms with van der Waals surface area (Å²) in [5, 5.41) is 7.59. The summed E-state index contributed by atoms with van der Waals surface area (Å²) >= 11 is 0. The number of nitrogen functional groups attached to an aromatic ring is 1. The van der Waals surface area contributed by atoms with Gasteiger partial charge in [-0.15, -0.1) is 0 Å².